The monoisotopic (exact) mass is 326 g/mol. The van der Waals surface area contributed by atoms with E-state index in [0.717, 1.165) is 24.3 Å². The lowest BCUT2D eigenvalue weighted by atomic mass is 9.89. The van der Waals surface area contributed by atoms with Crippen molar-refractivity contribution in [2.75, 3.05) is 0 Å². The summed E-state index contributed by atoms with van der Waals surface area (Å²) in [6.45, 7) is 0. The zero-order valence-electron chi connectivity index (χ0n) is 10.5. The molecule has 0 bridgehead atoms. The van der Waals surface area contributed by atoms with Crippen molar-refractivity contribution in [1.29, 1.82) is 0 Å². The molecule has 0 heterocycles. The maximum Gasteiger partial charge on any atom is 0.430 e. The molecular formula is C13H8F6O3. The molecule has 9 heteroatoms. The van der Waals surface area contributed by atoms with E-state index in [4.69, 9.17) is 0 Å². The summed E-state index contributed by atoms with van der Waals surface area (Å²) >= 11 is 0. The van der Waals surface area contributed by atoms with Crippen LogP contribution in [0.1, 0.15) is 5.56 Å². The molecule has 0 amide bonds. The number of benzene rings is 2. The number of hydrogen-bond donors (Lipinski definition) is 3. The van der Waals surface area contributed by atoms with E-state index >= 15 is 0 Å². The minimum atomic E-state index is -6.10. The molecule has 0 aromatic heterocycles. The average molecular weight is 326 g/mol. The molecule has 0 saturated carbocycles. The lowest BCUT2D eigenvalue weighted by Gasteiger charge is -2.33. The molecule has 0 aliphatic heterocycles. The minimum Gasteiger partial charge on any atom is -0.507 e. The van der Waals surface area contributed by atoms with Crippen molar-refractivity contribution in [1.82, 2.24) is 0 Å². The minimum absolute atomic E-state index is 0.157. The van der Waals surface area contributed by atoms with Crippen LogP contribution in [0.2, 0.25) is 0 Å². The molecule has 120 valence electrons. The smallest absolute Gasteiger partial charge is 0.430 e. The van der Waals surface area contributed by atoms with Gasteiger partial charge in [0.1, 0.15) is 11.5 Å². The van der Waals surface area contributed by atoms with Gasteiger partial charge in [0.05, 0.1) is 0 Å². The van der Waals surface area contributed by atoms with Gasteiger partial charge in [0.15, 0.2) is 0 Å². The van der Waals surface area contributed by atoms with Gasteiger partial charge in [0, 0.05) is 16.3 Å². The second-order valence-corrected chi connectivity index (χ2v) is 4.54. The van der Waals surface area contributed by atoms with Gasteiger partial charge in [-0.1, -0.05) is 18.2 Å². The van der Waals surface area contributed by atoms with Gasteiger partial charge in [-0.15, -0.1) is 0 Å². The summed E-state index contributed by atoms with van der Waals surface area (Å²) in [6, 6.07) is 4.31. The molecule has 0 spiro atoms. The summed E-state index contributed by atoms with van der Waals surface area (Å²) < 4.78 is 76.9. The largest absolute Gasteiger partial charge is 0.507 e. The van der Waals surface area contributed by atoms with E-state index < -0.39 is 40.4 Å². The molecular weight excluding hydrogens is 318 g/mol. The van der Waals surface area contributed by atoms with Crippen LogP contribution in [-0.4, -0.2) is 27.7 Å². The number of rotatable bonds is 1. The Kier molecular flexibility index (Phi) is 3.44. The first-order valence-electron chi connectivity index (χ1n) is 5.71. The fraction of sp³-hybridized carbons (Fsp3) is 0.231. The van der Waals surface area contributed by atoms with E-state index in [-0.39, 0.29) is 11.5 Å². The Labute approximate surface area is 119 Å². The third-order valence-electron chi connectivity index (χ3n) is 3.22. The second kappa shape index (κ2) is 4.67. The number of phenolic OH excluding ortho intramolecular Hbond substituents is 2. The topological polar surface area (TPSA) is 60.7 Å². The van der Waals surface area contributed by atoms with Gasteiger partial charge in [-0.05, 0) is 12.1 Å². The Hall–Kier alpha value is -2.16. The van der Waals surface area contributed by atoms with Crippen molar-refractivity contribution in [2.24, 2.45) is 0 Å². The number of halogens is 6. The van der Waals surface area contributed by atoms with Gasteiger partial charge in [0.25, 0.3) is 5.60 Å². The van der Waals surface area contributed by atoms with Crippen LogP contribution in [0.3, 0.4) is 0 Å². The first-order chi connectivity index (χ1) is 9.91. The molecule has 2 aromatic carbocycles. The Morgan fingerprint density at radius 1 is 0.727 bits per heavy atom. The van der Waals surface area contributed by atoms with Crippen LogP contribution in [0.15, 0.2) is 30.3 Å². The predicted molar refractivity (Wildman–Crippen MR) is 63.3 cm³/mol. The van der Waals surface area contributed by atoms with Gasteiger partial charge in [-0.3, -0.25) is 0 Å². The number of aliphatic hydroxyl groups is 1. The molecule has 0 fully saturated rings. The average Bonchev–Trinajstić information content (AvgIpc) is 2.37. The summed E-state index contributed by atoms with van der Waals surface area (Å²) in [5.41, 5.74) is -6.99. The Morgan fingerprint density at radius 3 is 1.77 bits per heavy atom. The van der Waals surface area contributed by atoms with Crippen LogP contribution < -0.4 is 0 Å². The fourth-order valence-corrected chi connectivity index (χ4v) is 2.08. The van der Waals surface area contributed by atoms with E-state index in [1.807, 2.05) is 0 Å². The maximum absolute atomic E-state index is 12.8. The highest BCUT2D eigenvalue weighted by atomic mass is 19.4. The highest BCUT2D eigenvalue weighted by molar-refractivity contribution is 5.93. The van der Waals surface area contributed by atoms with Crippen molar-refractivity contribution in [3.05, 3.63) is 35.9 Å². The van der Waals surface area contributed by atoms with E-state index in [0.29, 0.717) is 0 Å². The van der Waals surface area contributed by atoms with Crippen LogP contribution in [0.4, 0.5) is 26.3 Å². The van der Waals surface area contributed by atoms with E-state index in [2.05, 4.69) is 0 Å². The van der Waals surface area contributed by atoms with Crippen molar-refractivity contribution in [3.8, 4) is 11.5 Å². The summed E-state index contributed by atoms with van der Waals surface area (Å²) in [7, 11) is 0. The highest BCUT2D eigenvalue weighted by Crippen LogP contribution is 2.53. The Balaban J connectivity index is 2.86. The molecule has 22 heavy (non-hydrogen) atoms. The summed E-state index contributed by atoms with van der Waals surface area (Å²) in [5.74, 6) is -1.85. The van der Waals surface area contributed by atoms with Crippen molar-refractivity contribution in [2.45, 2.75) is 18.0 Å². The Morgan fingerprint density at radius 2 is 1.27 bits per heavy atom. The predicted octanol–water partition coefficient (Wildman–Crippen LogP) is 3.56. The summed E-state index contributed by atoms with van der Waals surface area (Å²) in [5, 5.41) is 27.9. The van der Waals surface area contributed by atoms with Gasteiger partial charge >= 0.3 is 12.4 Å². The van der Waals surface area contributed by atoms with Crippen molar-refractivity contribution < 1.29 is 41.7 Å². The first kappa shape index (κ1) is 16.2. The van der Waals surface area contributed by atoms with Crippen LogP contribution in [-0.2, 0) is 5.60 Å². The van der Waals surface area contributed by atoms with Crippen molar-refractivity contribution in [3.63, 3.8) is 0 Å². The lowest BCUT2D eigenvalue weighted by molar-refractivity contribution is -0.376. The number of aromatic hydroxyl groups is 2. The third-order valence-corrected chi connectivity index (χ3v) is 3.22. The first-order valence-corrected chi connectivity index (χ1v) is 5.71. The van der Waals surface area contributed by atoms with Crippen molar-refractivity contribution >= 4 is 10.8 Å². The van der Waals surface area contributed by atoms with Crippen LogP contribution in [0.25, 0.3) is 10.8 Å². The molecule has 3 N–H and O–H groups in total. The molecule has 3 nitrogen and oxygen atoms in total. The molecule has 0 saturated heterocycles. The lowest BCUT2D eigenvalue weighted by Crippen LogP contribution is -2.53. The standard InChI is InChI=1S/C13H8F6O3/c14-12(15,16)11(22,13(17,18)19)8-5-4-6-7(10(8)21)2-1-3-9(6)20/h1-5,20-22H. The number of phenols is 2. The van der Waals surface area contributed by atoms with Gasteiger partial charge in [-0.2, -0.15) is 26.3 Å². The van der Waals surface area contributed by atoms with E-state index in [1.54, 1.807) is 0 Å². The molecule has 2 rings (SSSR count). The molecule has 0 unspecified atom stereocenters. The second-order valence-electron chi connectivity index (χ2n) is 4.54. The molecule has 0 atom stereocenters. The summed E-state index contributed by atoms with van der Waals surface area (Å²) in [6.07, 6.45) is -12.2. The van der Waals surface area contributed by atoms with E-state index in [1.165, 1.54) is 0 Å². The zero-order valence-corrected chi connectivity index (χ0v) is 10.5. The van der Waals surface area contributed by atoms with Crippen LogP contribution in [0.5, 0.6) is 11.5 Å². The number of alkyl halides is 6. The highest BCUT2D eigenvalue weighted by Gasteiger charge is 2.72. The normalized spacial score (nSPS) is 13.6. The number of fused-ring (bicyclic) bond motifs is 1. The quantitative estimate of drug-likeness (QED) is 0.702. The zero-order chi connectivity index (χ0) is 16.9. The fourth-order valence-electron chi connectivity index (χ4n) is 2.08. The maximum atomic E-state index is 12.8. The van der Waals surface area contributed by atoms with E-state index in [9.17, 15) is 41.7 Å². The molecule has 0 radical (unpaired) electrons. The third kappa shape index (κ3) is 2.12. The van der Waals surface area contributed by atoms with Crippen LogP contribution in [0, 0.1) is 0 Å². The molecule has 0 aliphatic carbocycles. The molecule has 0 aliphatic rings. The van der Waals surface area contributed by atoms with Gasteiger partial charge in [0.2, 0.25) is 0 Å². The summed E-state index contributed by atoms with van der Waals surface area (Å²) in [4.78, 5) is 0. The molecule has 2 aromatic rings. The van der Waals surface area contributed by atoms with Gasteiger partial charge in [-0.25, -0.2) is 0 Å². The SMILES string of the molecule is Oc1cccc2c(O)c(C(O)(C(F)(F)F)C(F)(F)F)ccc12. The Bertz CT molecular complexity index is 706. The van der Waals surface area contributed by atoms with Crippen LogP contribution >= 0.6 is 0 Å². The van der Waals surface area contributed by atoms with Gasteiger partial charge < -0.3 is 15.3 Å². The number of hydrogen-bond acceptors (Lipinski definition) is 3.